The lowest BCUT2D eigenvalue weighted by molar-refractivity contribution is -0.137. The number of benzene rings is 4. The molecule has 4 aromatic rings. The molecule has 0 aliphatic rings. The first-order valence-corrected chi connectivity index (χ1v) is 11.0. The lowest BCUT2D eigenvalue weighted by atomic mass is 10.1. The number of carbonyl (C=O) groups is 2. The van der Waals surface area contributed by atoms with Crippen molar-refractivity contribution in [2.75, 3.05) is 10.6 Å². The van der Waals surface area contributed by atoms with Crippen molar-refractivity contribution in [2.45, 2.75) is 6.18 Å². The number of anilines is 3. The summed E-state index contributed by atoms with van der Waals surface area (Å²) in [6.07, 6.45) is -4.54. The van der Waals surface area contributed by atoms with E-state index in [0.29, 0.717) is 5.56 Å². The Bertz CT molecular complexity index is 1520. The minimum absolute atomic E-state index is 0.0814. The first kappa shape index (κ1) is 25.1. The van der Waals surface area contributed by atoms with Crippen LogP contribution in [0.4, 0.5) is 30.2 Å². The summed E-state index contributed by atoms with van der Waals surface area (Å²) in [4.78, 5) is 24.7. The Labute approximate surface area is 210 Å². The molecule has 4 aromatic carbocycles. The maximum atomic E-state index is 13.2. The number of alkyl halides is 3. The Hall–Kier alpha value is -5.03. The monoisotopic (exact) mass is 500 g/mol. The van der Waals surface area contributed by atoms with Gasteiger partial charge in [0.2, 0.25) is 0 Å². The lowest BCUT2D eigenvalue weighted by Gasteiger charge is -2.15. The summed E-state index contributed by atoms with van der Waals surface area (Å²) >= 11 is 0. The zero-order valence-electron chi connectivity index (χ0n) is 19.1. The van der Waals surface area contributed by atoms with E-state index >= 15 is 0 Å². The number of rotatable bonds is 5. The number of hydrogen-bond donors (Lipinski definition) is 3. The zero-order valence-corrected chi connectivity index (χ0v) is 19.1. The van der Waals surface area contributed by atoms with E-state index in [2.05, 4.69) is 22.5 Å². The van der Waals surface area contributed by atoms with Gasteiger partial charge in [-0.1, -0.05) is 48.2 Å². The Kier molecular flexibility index (Phi) is 7.26. The van der Waals surface area contributed by atoms with E-state index in [4.69, 9.17) is 0 Å². The fourth-order valence-corrected chi connectivity index (χ4v) is 3.49. The van der Waals surface area contributed by atoms with Gasteiger partial charge in [0, 0.05) is 16.8 Å². The van der Waals surface area contributed by atoms with Crippen molar-refractivity contribution in [1.82, 2.24) is 0 Å². The third-order valence-electron chi connectivity index (χ3n) is 5.26. The second kappa shape index (κ2) is 10.7. The molecule has 0 aliphatic carbocycles. The highest BCUT2D eigenvalue weighted by atomic mass is 19.4. The molecule has 37 heavy (non-hydrogen) atoms. The molecule has 8 heteroatoms. The van der Waals surface area contributed by atoms with Gasteiger partial charge in [-0.15, -0.1) is 0 Å². The number of hydrogen-bond acceptors (Lipinski definition) is 3. The molecule has 5 nitrogen and oxygen atoms in total. The molecule has 0 saturated heterocycles. The standard InChI is InChI=1S/C29H19F3N2O3/c30-29(31,32)21-9-6-10-22(18-21)33-26-17-20(14-13-19-7-2-1-3-8-19)15-16-23(26)27(35)34-25-12-5-4-11-24(25)28(36)37/h1-12,15-18,33H,(H,34,35)(H,36,37). The number of halogens is 3. The molecule has 1 amide bonds. The quantitative estimate of drug-likeness (QED) is 0.264. The predicted octanol–water partition coefficient (Wildman–Crippen LogP) is 6.80. The molecule has 0 unspecified atom stereocenters. The summed E-state index contributed by atoms with van der Waals surface area (Å²) in [7, 11) is 0. The number of aromatic carboxylic acids is 1. The topological polar surface area (TPSA) is 78.4 Å². The van der Waals surface area contributed by atoms with Crippen molar-refractivity contribution in [2.24, 2.45) is 0 Å². The van der Waals surface area contributed by atoms with Crippen LogP contribution in [0.5, 0.6) is 0 Å². The van der Waals surface area contributed by atoms with Crippen LogP contribution in [-0.4, -0.2) is 17.0 Å². The van der Waals surface area contributed by atoms with Gasteiger partial charge in [0.05, 0.1) is 28.1 Å². The molecule has 184 valence electrons. The zero-order chi connectivity index (χ0) is 26.4. The third kappa shape index (κ3) is 6.35. The molecule has 3 N–H and O–H groups in total. The number of amides is 1. The van der Waals surface area contributed by atoms with Gasteiger partial charge in [-0.25, -0.2) is 4.79 Å². The van der Waals surface area contributed by atoms with Gasteiger partial charge in [-0.05, 0) is 60.7 Å². The SMILES string of the molecule is O=C(O)c1ccccc1NC(=O)c1ccc(C#Cc2ccccc2)cc1Nc1cccc(C(F)(F)F)c1. The molecule has 0 aromatic heterocycles. The summed E-state index contributed by atoms with van der Waals surface area (Å²) in [5, 5.41) is 14.9. The number of carboxylic acid groups (broad SMARTS) is 1. The molecule has 0 spiro atoms. The normalized spacial score (nSPS) is 10.7. The van der Waals surface area contributed by atoms with Crippen molar-refractivity contribution in [3.63, 3.8) is 0 Å². The molecule has 0 aliphatic heterocycles. The van der Waals surface area contributed by atoms with Crippen molar-refractivity contribution >= 4 is 28.9 Å². The second-order valence-electron chi connectivity index (χ2n) is 7.88. The minimum atomic E-state index is -4.54. The van der Waals surface area contributed by atoms with Crippen molar-refractivity contribution in [3.8, 4) is 11.8 Å². The summed E-state index contributed by atoms with van der Waals surface area (Å²) in [6.45, 7) is 0. The first-order chi connectivity index (χ1) is 17.7. The fourth-order valence-electron chi connectivity index (χ4n) is 3.49. The molecule has 0 heterocycles. The highest BCUT2D eigenvalue weighted by Crippen LogP contribution is 2.32. The number of carboxylic acids is 1. The summed E-state index contributed by atoms with van der Waals surface area (Å²) in [5.41, 5.74) is 0.809. The van der Waals surface area contributed by atoms with E-state index in [-0.39, 0.29) is 28.2 Å². The van der Waals surface area contributed by atoms with E-state index in [1.54, 1.807) is 18.2 Å². The van der Waals surface area contributed by atoms with Crippen molar-refractivity contribution < 1.29 is 27.9 Å². The molecular weight excluding hydrogens is 481 g/mol. The van der Waals surface area contributed by atoms with Gasteiger partial charge in [0.1, 0.15) is 0 Å². The Morgan fingerprint density at radius 1 is 0.703 bits per heavy atom. The molecule has 0 saturated carbocycles. The van der Waals surface area contributed by atoms with Crippen molar-refractivity contribution in [3.05, 3.63) is 125 Å². The average Bonchev–Trinajstić information content (AvgIpc) is 2.88. The summed E-state index contributed by atoms with van der Waals surface area (Å²) in [6, 6.07) is 24.3. The highest BCUT2D eigenvalue weighted by Gasteiger charge is 2.30. The van der Waals surface area contributed by atoms with Crippen LogP contribution in [0.25, 0.3) is 0 Å². The van der Waals surface area contributed by atoms with Crippen molar-refractivity contribution in [1.29, 1.82) is 0 Å². The molecule has 0 bridgehead atoms. The minimum Gasteiger partial charge on any atom is -0.478 e. The van der Waals surface area contributed by atoms with E-state index in [9.17, 15) is 27.9 Å². The van der Waals surface area contributed by atoms with Crippen LogP contribution in [0, 0.1) is 11.8 Å². The Morgan fingerprint density at radius 2 is 1.41 bits per heavy atom. The molecule has 0 atom stereocenters. The highest BCUT2D eigenvalue weighted by molar-refractivity contribution is 6.11. The van der Waals surface area contributed by atoms with E-state index < -0.39 is 23.6 Å². The van der Waals surface area contributed by atoms with E-state index in [0.717, 1.165) is 17.7 Å². The van der Waals surface area contributed by atoms with Crippen LogP contribution >= 0.6 is 0 Å². The number of carbonyl (C=O) groups excluding carboxylic acids is 1. The largest absolute Gasteiger partial charge is 0.478 e. The van der Waals surface area contributed by atoms with Crippen LogP contribution in [0.1, 0.15) is 37.4 Å². The second-order valence-corrected chi connectivity index (χ2v) is 7.88. The number of nitrogens with one attached hydrogen (secondary N) is 2. The van der Waals surface area contributed by atoms with Crippen LogP contribution < -0.4 is 10.6 Å². The van der Waals surface area contributed by atoms with Crippen LogP contribution in [-0.2, 0) is 6.18 Å². The van der Waals surface area contributed by atoms with E-state index in [1.807, 2.05) is 30.3 Å². The summed E-state index contributed by atoms with van der Waals surface area (Å²) in [5.74, 6) is 4.12. The van der Waals surface area contributed by atoms with Gasteiger partial charge in [-0.3, -0.25) is 4.79 Å². The average molecular weight is 500 g/mol. The van der Waals surface area contributed by atoms with Crippen LogP contribution in [0.3, 0.4) is 0 Å². The Morgan fingerprint density at radius 3 is 2.14 bits per heavy atom. The molecule has 0 fully saturated rings. The van der Waals surface area contributed by atoms with Crippen LogP contribution in [0.2, 0.25) is 0 Å². The van der Waals surface area contributed by atoms with Gasteiger partial charge < -0.3 is 15.7 Å². The molecule has 0 radical (unpaired) electrons. The first-order valence-electron chi connectivity index (χ1n) is 11.0. The molecule has 4 rings (SSSR count). The maximum Gasteiger partial charge on any atom is 0.416 e. The predicted molar refractivity (Wildman–Crippen MR) is 135 cm³/mol. The smallest absolute Gasteiger partial charge is 0.416 e. The maximum absolute atomic E-state index is 13.2. The number of para-hydroxylation sites is 1. The Balaban J connectivity index is 1.72. The van der Waals surface area contributed by atoms with Gasteiger partial charge in [0.15, 0.2) is 0 Å². The van der Waals surface area contributed by atoms with E-state index in [1.165, 1.54) is 36.4 Å². The third-order valence-corrected chi connectivity index (χ3v) is 5.26. The lowest BCUT2D eigenvalue weighted by Crippen LogP contribution is -2.16. The van der Waals surface area contributed by atoms with Crippen LogP contribution in [0.15, 0.2) is 97.1 Å². The fraction of sp³-hybridized carbons (Fsp3) is 0.0345. The van der Waals surface area contributed by atoms with Gasteiger partial charge in [-0.2, -0.15) is 13.2 Å². The molecular formula is C29H19F3N2O3. The van der Waals surface area contributed by atoms with Gasteiger partial charge in [0.25, 0.3) is 5.91 Å². The summed E-state index contributed by atoms with van der Waals surface area (Å²) < 4.78 is 39.7. The van der Waals surface area contributed by atoms with Gasteiger partial charge >= 0.3 is 12.1 Å².